The average molecular weight is 457 g/mol. The van der Waals surface area contributed by atoms with E-state index in [4.69, 9.17) is 10.5 Å². The molecule has 0 spiro atoms. The van der Waals surface area contributed by atoms with Gasteiger partial charge in [0.25, 0.3) is 0 Å². The molecule has 2 amide bonds. The SMILES string of the molecule is CC(C)(C)OC(=O)N(CC(C)(C)c1ccc(F)cc1)c1ccc(C2=CC(=O)NC(N)N2)nn1. The van der Waals surface area contributed by atoms with Gasteiger partial charge >= 0.3 is 6.09 Å². The summed E-state index contributed by atoms with van der Waals surface area (Å²) in [5.74, 6) is -0.411. The molecule has 0 radical (unpaired) electrons. The standard InChI is InChI=1S/C23H29FN6O3/c1-22(2,3)33-21(32)30(13-23(4,5)14-6-8-15(24)9-7-14)18-11-10-16(28-29-18)17-12-19(31)27-20(25)26-17/h6-12,20,26H,13,25H2,1-5H3,(H,27,31). The van der Waals surface area contributed by atoms with Crippen molar-refractivity contribution in [1.82, 2.24) is 20.8 Å². The molecule has 0 saturated heterocycles. The summed E-state index contributed by atoms with van der Waals surface area (Å²) < 4.78 is 19.0. The van der Waals surface area contributed by atoms with Gasteiger partial charge in [0.2, 0.25) is 5.91 Å². The second-order valence-electron chi connectivity index (χ2n) is 9.42. The van der Waals surface area contributed by atoms with Crippen LogP contribution in [0.1, 0.15) is 45.9 Å². The molecule has 176 valence electrons. The van der Waals surface area contributed by atoms with E-state index in [2.05, 4.69) is 20.8 Å². The van der Waals surface area contributed by atoms with E-state index < -0.39 is 23.4 Å². The molecule has 1 atom stereocenters. The van der Waals surface area contributed by atoms with Crippen molar-refractivity contribution in [1.29, 1.82) is 0 Å². The predicted octanol–water partition coefficient (Wildman–Crippen LogP) is 2.64. The molecule has 33 heavy (non-hydrogen) atoms. The Hall–Kier alpha value is -3.53. The highest BCUT2D eigenvalue weighted by Crippen LogP contribution is 2.28. The molecule has 1 unspecified atom stereocenters. The fourth-order valence-corrected chi connectivity index (χ4v) is 3.28. The summed E-state index contributed by atoms with van der Waals surface area (Å²) in [6, 6.07) is 9.40. The van der Waals surface area contributed by atoms with Gasteiger partial charge in [-0.1, -0.05) is 26.0 Å². The molecule has 4 N–H and O–H groups in total. The molecule has 9 nitrogen and oxygen atoms in total. The number of halogens is 1. The summed E-state index contributed by atoms with van der Waals surface area (Å²) in [6.45, 7) is 9.41. The third-order valence-corrected chi connectivity index (χ3v) is 4.88. The second kappa shape index (κ2) is 9.14. The van der Waals surface area contributed by atoms with Crippen molar-refractivity contribution in [3.05, 3.63) is 59.5 Å². The van der Waals surface area contributed by atoms with Crippen LogP contribution >= 0.6 is 0 Å². The number of carbonyl (C=O) groups is 2. The number of hydrogen-bond donors (Lipinski definition) is 3. The maximum absolute atomic E-state index is 13.4. The van der Waals surface area contributed by atoms with E-state index >= 15 is 0 Å². The van der Waals surface area contributed by atoms with Gasteiger partial charge in [0.15, 0.2) is 12.1 Å². The van der Waals surface area contributed by atoms with Gasteiger partial charge in [-0.2, -0.15) is 0 Å². The number of ether oxygens (including phenoxy) is 1. The first-order valence-electron chi connectivity index (χ1n) is 10.5. The number of nitrogens with zero attached hydrogens (tertiary/aromatic N) is 3. The van der Waals surface area contributed by atoms with Gasteiger partial charge in [-0.15, -0.1) is 10.2 Å². The van der Waals surface area contributed by atoms with E-state index in [9.17, 15) is 14.0 Å². The Morgan fingerprint density at radius 2 is 1.76 bits per heavy atom. The van der Waals surface area contributed by atoms with Crippen molar-refractivity contribution >= 4 is 23.5 Å². The van der Waals surface area contributed by atoms with E-state index in [0.29, 0.717) is 11.4 Å². The summed E-state index contributed by atoms with van der Waals surface area (Å²) in [5.41, 5.74) is 6.12. The minimum absolute atomic E-state index is 0.204. The van der Waals surface area contributed by atoms with Crippen molar-refractivity contribution in [2.45, 2.75) is 51.9 Å². The average Bonchev–Trinajstić information content (AvgIpc) is 2.70. The van der Waals surface area contributed by atoms with Crippen molar-refractivity contribution in [2.24, 2.45) is 5.73 Å². The van der Waals surface area contributed by atoms with Crippen LogP contribution < -0.4 is 21.3 Å². The third kappa shape index (κ3) is 6.26. The lowest BCUT2D eigenvalue weighted by Crippen LogP contribution is -2.53. The molecule has 1 aromatic heterocycles. The second-order valence-corrected chi connectivity index (χ2v) is 9.42. The number of carbonyl (C=O) groups excluding carboxylic acids is 2. The minimum Gasteiger partial charge on any atom is -0.443 e. The fraction of sp³-hybridized carbons (Fsp3) is 0.391. The first-order chi connectivity index (χ1) is 15.3. The van der Waals surface area contributed by atoms with Crippen molar-refractivity contribution in [3.8, 4) is 0 Å². The highest BCUT2D eigenvalue weighted by Gasteiger charge is 2.32. The van der Waals surface area contributed by atoms with Crippen LogP contribution in [0.4, 0.5) is 15.0 Å². The Labute approximate surface area is 192 Å². The lowest BCUT2D eigenvalue weighted by Gasteiger charge is -2.33. The zero-order valence-corrected chi connectivity index (χ0v) is 19.3. The van der Waals surface area contributed by atoms with Crippen LogP contribution in [0.5, 0.6) is 0 Å². The molecule has 2 aromatic rings. The normalized spacial score (nSPS) is 16.4. The molecule has 0 saturated carbocycles. The number of nitrogens with one attached hydrogen (secondary N) is 2. The topological polar surface area (TPSA) is 122 Å². The Bertz CT molecular complexity index is 1050. The van der Waals surface area contributed by atoms with Gasteiger partial charge in [0.05, 0.1) is 5.70 Å². The Morgan fingerprint density at radius 3 is 2.30 bits per heavy atom. The van der Waals surface area contributed by atoms with Crippen molar-refractivity contribution in [2.75, 3.05) is 11.4 Å². The van der Waals surface area contributed by atoms with Gasteiger partial charge in [0.1, 0.15) is 17.1 Å². The third-order valence-electron chi connectivity index (χ3n) is 4.88. The summed E-state index contributed by atoms with van der Waals surface area (Å²) in [7, 11) is 0. The van der Waals surface area contributed by atoms with E-state index in [0.717, 1.165) is 5.56 Å². The molecule has 3 rings (SSSR count). The molecule has 2 heterocycles. The molecule has 1 aliphatic rings. The maximum atomic E-state index is 13.4. The molecule has 0 fully saturated rings. The molecular weight excluding hydrogens is 427 g/mol. The zero-order chi connectivity index (χ0) is 24.4. The highest BCUT2D eigenvalue weighted by atomic mass is 19.1. The smallest absolute Gasteiger partial charge is 0.416 e. The van der Waals surface area contributed by atoms with Crippen molar-refractivity contribution < 1.29 is 18.7 Å². The molecule has 10 heteroatoms. The van der Waals surface area contributed by atoms with Crippen LogP contribution in [0.15, 0.2) is 42.5 Å². The monoisotopic (exact) mass is 456 g/mol. The number of rotatable bonds is 5. The molecular formula is C23H29FN6O3. The Kier molecular flexibility index (Phi) is 6.68. The van der Waals surface area contributed by atoms with E-state index in [1.165, 1.54) is 23.1 Å². The largest absolute Gasteiger partial charge is 0.443 e. The number of anilines is 1. The van der Waals surface area contributed by atoms with Crippen LogP contribution in [0, 0.1) is 5.82 Å². The number of benzene rings is 1. The van der Waals surface area contributed by atoms with Crippen LogP contribution in [-0.2, 0) is 14.9 Å². The van der Waals surface area contributed by atoms with E-state index in [-0.39, 0.29) is 24.1 Å². The number of amides is 2. The lowest BCUT2D eigenvalue weighted by molar-refractivity contribution is -0.117. The first-order valence-corrected chi connectivity index (χ1v) is 10.5. The van der Waals surface area contributed by atoms with Gasteiger partial charge in [-0.05, 0) is 50.6 Å². The number of aromatic nitrogens is 2. The minimum atomic E-state index is -0.742. The molecule has 0 aliphatic carbocycles. The molecule has 1 aliphatic heterocycles. The van der Waals surface area contributed by atoms with Crippen LogP contribution in [0.2, 0.25) is 0 Å². The highest BCUT2D eigenvalue weighted by molar-refractivity contribution is 5.96. The fourth-order valence-electron chi connectivity index (χ4n) is 3.28. The Balaban J connectivity index is 1.91. The predicted molar refractivity (Wildman–Crippen MR) is 122 cm³/mol. The summed E-state index contributed by atoms with van der Waals surface area (Å²) in [5, 5.41) is 13.8. The van der Waals surface area contributed by atoms with Gasteiger partial charge in [-0.3, -0.25) is 15.4 Å². The van der Waals surface area contributed by atoms with Crippen LogP contribution in [0.3, 0.4) is 0 Å². The van der Waals surface area contributed by atoms with E-state index in [1.807, 2.05) is 13.8 Å². The number of hydrogen-bond acceptors (Lipinski definition) is 7. The summed E-state index contributed by atoms with van der Waals surface area (Å²) in [6.07, 6.45) is 0.000884. The number of nitrogens with two attached hydrogens (primary N) is 1. The van der Waals surface area contributed by atoms with Crippen LogP contribution in [0.25, 0.3) is 5.70 Å². The Morgan fingerprint density at radius 1 is 1.09 bits per heavy atom. The van der Waals surface area contributed by atoms with Gasteiger partial charge in [0, 0.05) is 18.0 Å². The van der Waals surface area contributed by atoms with Crippen LogP contribution in [-0.4, -0.2) is 40.6 Å². The lowest BCUT2D eigenvalue weighted by atomic mass is 9.84. The van der Waals surface area contributed by atoms with Crippen molar-refractivity contribution in [3.63, 3.8) is 0 Å². The quantitative estimate of drug-likeness (QED) is 0.632. The van der Waals surface area contributed by atoms with E-state index in [1.54, 1.807) is 45.0 Å². The molecule has 0 bridgehead atoms. The van der Waals surface area contributed by atoms with Gasteiger partial charge < -0.3 is 15.4 Å². The first kappa shape index (κ1) is 24.1. The zero-order valence-electron chi connectivity index (χ0n) is 19.3. The summed E-state index contributed by atoms with van der Waals surface area (Å²) >= 11 is 0. The summed E-state index contributed by atoms with van der Waals surface area (Å²) in [4.78, 5) is 26.2. The maximum Gasteiger partial charge on any atom is 0.416 e. The van der Waals surface area contributed by atoms with Gasteiger partial charge in [-0.25, -0.2) is 9.18 Å². The molecule has 1 aromatic carbocycles.